The highest BCUT2D eigenvalue weighted by atomic mass is 35.5. The van der Waals surface area contributed by atoms with Gasteiger partial charge < -0.3 is 9.84 Å². The molecule has 30 heavy (non-hydrogen) atoms. The van der Waals surface area contributed by atoms with Gasteiger partial charge in [-0.1, -0.05) is 42.5 Å². The van der Waals surface area contributed by atoms with E-state index >= 15 is 0 Å². The first kappa shape index (κ1) is 19.7. The van der Waals surface area contributed by atoms with Crippen molar-refractivity contribution in [3.63, 3.8) is 0 Å². The summed E-state index contributed by atoms with van der Waals surface area (Å²) >= 11 is 6.54. The number of halogens is 1. The van der Waals surface area contributed by atoms with Gasteiger partial charge in [0.05, 0.1) is 11.2 Å². The highest BCUT2D eigenvalue weighted by Gasteiger charge is 2.25. The molecule has 0 spiro atoms. The molecule has 0 unspecified atom stereocenters. The fraction of sp³-hybridized carbons (Fsp3) is 0.0833. The van der Waals surface area contributed by atoms with E-state index in [9.17, 15) is 5.11 Å². The van der Waals surface area contributed by atoms with Crippen LogP contribution in [0.15, 0.2) is 85.7 Å². The Kier molecular flexibility index (Phi) is 5.82. The molecule has 0 saturated heterocycles. The van der Waals surface area contributed by atoms with Gasteiger partial charge in [-0.15, -0.1) is 0 Å². The molecular weight excluding hydrogens is 398 g/mol. The Hall–Kier alpha value is -3.57. The van der Waals surface area contributed by atoms with E-state index in [1.165, 1.54) is 0 Å². The zero-order valence-corrected chi connectivity index (χ0v) is 16.9. The van der Waals surface area contributed by atoms with E-state index in [1.54, 1.807) is 24.4 Å². The van der Waals surface area contributed by atoms with Crippen LogP contribution in [0.4, 0.5) is 5.82 Å². The Morgan fingerprint density at radius 1 is 1.17 bits per heavy atom. The lowest BCUT2D eigenvalue weighted by atomic mass is 9.96. The van der Waals surface area contributed by atoms with Crippen molar-refractivity contribution in [1.82, 2.24) is 4.98 Å². The predicted molar refractivity (Wildman–Crippen MR) is 119 cm³/mol. The highest BCUT2D eigenvalue weighted by Crippen LogP contribution is 2.39. The van der Waals surface area contributed by atoms with Crippen molar-refractivity contribution in [3.05, 3.63) is 102 Å². The molecule has 0 fully saturated rings. The van der Waals surface area contributed by atoms with Crippen molar-refractivity contribution in [1.29, 1.82) is 0 Å². The van der Waals surface area contributed by atoms with E-state index in [0.717, 1.165) is 17.1 Å². The smallest absolute Gasteiger partial charge is 0.272 e. The molecule has 0 saturated carbocycles. The van der Waals surface area contributed by atoms with Gasteiger partial charge in [-0.05, 0) is 36.4 Å². The SMILES string of the molecule is C=CCOc1ccc([C@H](Nc2cccc[nH+]2)c2cc(Cl)c3cccnc3c2O)cc1. The molecule has 0 radical (unpaired) electrons. The Labute approximate surface area is 179 Å². The van der Waals surface area contributed by atoms with Gasteiger partial charge in [-0.3, -0.25) is 10.3 Å². The quantitative estimate of drug-likeness (QED) is 0.406. The molecule has 0 aliphatic rings. The molecule has 5 nitrogen and oxygen atoms in total. The Balaban J connectivity index is 1.81. The number of hydrogen-bond acceptors (Lipinski definition) is 4. The van der Waals surface area contributed by atoms with E-state index in [0.29, 0.717) is 28.1 Å². The maximum Gasteiger partial charge on any atom is 0.272 e. The molecule has 0 bridgehead atoms. The number of aromatic hydroxyl groups is 1. The number of fused-ring (bicyclic) bond motifs is 1. The lowest BCUT2D eigenvalue weighted by molar-refractivity contribution is -0.361. The van der Waals surface area contributed by atoms with Gasteiger partial charge in [-0.25, -0.2) is 4.98 Å². The number of rotatable bonds is 7. The minimum Gasteiger partial charge on any atom is -0.505 e. The second-order valence-corrected chi connectivity index (χ2v) is 7.13. The Bertz CT molecular complexity index is 1160. The van der Waals surface area contributed by atoms with Crippen LogP contribution in [0.3, 0.4) is 0 Å². The molecule has 150 valence electrons. The molecule has 3 N–H and O–H groups in total. The summed E-state index contributed by atoms with van der Waals surface area (Å²) in [6, 6.07) is 18.5. The summed E-state index contributed by atoms with van der Waals surface area (Å²) in [5, 5.41) is 15.7. The minimum atomic E-state index is -0.374. The molecule has 2 aromatic heterocycles. The number of phenols is 1. The summed E-state index contributed by atoms with van der Waals surface area (Å²) in [5.74, 6) is 1.63. The molecule has 1 atom stereocenters. The van der Waals surface area contributed by atoms with Crippen molar-refractivity contribution in [3.8, 4) is 11.5 Å². The van der Waals surface area contributed by atoms with E-state index in [-0.39, 0.29) is 11.8 Å². The van der Waals surface area contributed by atoms with Crippen LogP contribution < -0.4 is 15.0 Å². The Morgan fingerprint density at radius 3 is 2.73 bits per heavy atom. The summed E-state index contributed by atoms with van der Waals surface area (Å²) in [6.45, 7) is 4.10. The molecule has 4 rings (SSSR count). The standard InChI is InChI=1S/C24H20ClN3O2/c1-2-14-30-17-10-8-16(9-11-17)22(28-21-7-3-4-12-26-21)19-15-20(25)18-6-5-13-27-23(18)24(19)29/h2-13,15,22,29H,1,14H2,(H,26,28)/p+1/t22-/m0/s1. The van der Waals surface area contributed by atoms with Crippen LogP contribution in [0, 0.1) is 0 Å². The first-order valence-electron chi connectivity index (χ1n) is 9.50. The summed E-state index contributed by atoms with van der Waals surface area (Å²) < 4.78 is 5.59. The number of nitrogens with one attached hydrogen (secondary N) is 2. The van der Waals surface area contributed by atoms with Crippen LogP contribution in [-0.2, 0) is 0 Å². The number of pyridine rings is 2. The lowest BCUT2D eigenvalue weighted by Crippen LogP contribution is -2.19. The van der Waals surface area contributed by atoms with Gasteiger partial charge in [0.2, 0.25) is 0 Å². The maximum atomic E-state index is 11.0. The van der Waals surface area contributed by atoms with Crippen LogP contribution in [0.5, 0.6) is 11.5 Å². The third-order valence-corrected chi connectivity index (χ3v) is 5.06. The average Bonchev–Trinajstić information content (AvgIpc) is 2.80. The van der Waals surface area contributed by atoms with Crippen LogP contribution in [0.25, 0.3) is 10.9 Å². The fourth-order valence-corrected chi connectivity index (χ4v) is 3.59. The van der Waals surface area contributed by atoms with Gasteiger partial charge in [0.1, 0.15) is 29.7 Å². The normalized spacial score (nSPS) is 11.8. The molecule has 6 heteroatoms. The van der Waals surface area contributed by atoms with Gasteiger partial charge in [-0.2, -0.15) is 0 Å². The minimum absolute atomic E-state index is 0.0930. The highest BCUT2D eigenvalue weighted by molar-refractivity contribution is 6.35. The van der Waals surface area contributed by atoms with Crippen LogP contribution >= 0.6 is 11.6 Å². The summed E-state index contributed by atoms with van der Waals surface area (Å²) in [7, 11) is 0. The Morgan fingerprint density at radius 2 is 2.00 bits per heavy atom. The van der Waals surface area contributed by atoms with E-state index in [2.05, 4.69) is 21.9 Å². The van der Waals surface area contributed by atoms with Crippen LogP contribution in [0.2, 0.25) is 5.02 Å². The second-order valence-electron chi connectivity index (χ2n) is 6.72. The lowest BCUT2D eigenvalue weighted by Gasteiger charge is -2.18. The number of aromatic amines is 1. The summed E-state index contributed by atoms with van der Waals surface area (Å²) in [4.78, 5) is 7.51. The molecule has 0 amide bonds. The van der Waals surface area contributed by atoms with Crippen molar-refractivity contribution in [2.75, 3.05) is 11.9 Å². The van der Waals surface area contributed by atoms with Crippen molar-refractivity contribution >= 4 is 28.3 Å². The van der Waals surface area contributed by atoms with Crippen molar-refractivity contribution < 1.29 is 14.8 Å². The zero-order valence-electron chi connectivity index (χ0n) is 16.2. The largest absolute Gasteiger partial charge is 0.505 e. The van der Waals surface area contributed by atoms with Crippen molar-refractivity contribution in [2.24, 2.45) is 0 Å². The molecule has 2 heterocycles. The predicted octanol–water partition coefficient (Wildman–Crippen LogP) is 5.17. The first-order chi connectivity index (χ1) is 14.7. The van der Waals surface area contributed by atoms with Gasteiger partial charge in [0, 0.05) is 28.8 Å². The van der Waals surface area contributed by atoms with Gasteiger partial charge >= 0.3 is 0 Å². The third kappa shape index (κ3) is 4.07. The molecule has 4 aromatic rings. The summed E-state index contributed by atoms with van der Waals surface area (Å²) in [6.07, 6.45) is 5.17. The average molecular weight is 419 g/mol. The number of phenolic OH excluding ortho intramolecular Hbond substituents is 1. The molecule has 0 aliphatic heterocycles. The van der Waals surface area contributed by atoms with E-state index in [4.69, 9.17) is 16.3 Å². The van der Waals surface area contributed by atoms with E-state index < -0.39 is 0 Å². The fourth-order valence-electron chi connectivity index (χ4n) is 3.32. The third-order valence-electron chi connectivity index (χ3n) is 4.75. The van der Waals surface area contributed by atoms with Crippen LogP contribution in [0.1, 0.15) is 17.2 Å². The number of ether oxygens (including phenoxy) is 1. The number of nitrogens with zero attached hydrogens (tertiary/aromatic N) is 1. The number of anilines is 1. The number of aromatic nitrogens is 2. The molecular formula is C24H21ClN3O2+. The number of benzene rings is 2. The maximum absolute atomic E-state index is 11.0. The second kappa shape index (κ2) is 8.84. The van der Waals surface area contributed by atoms with Gasteiger partial charge in [0.15, 0.2) is 0 Å². The monoisotopic (exact) mass is 418 g/mol. The van der Waals surface area contributed by atoms with Crippen molar-refractivity contribution in [2.45, 2.75) is 6.04 Å². The zero-order chi connectivity index (χ0) is 20.9. The van der Waals surface area contributed by atoms with Gasteiger partial charge in [0.25, 0.3) is 5.82 Å². The molecule has 0 aliphatic carbocycles. The first-order valence-corrected chi connectivity index (χ1v) is 9.88. The number of H-pyrrole nitrogens is 1. The number of hydrogen-bond donors (Lipinski definition) is 2. The topological polar surface area (TPSA) is 68.5 Å². The van der Waals surface area contributed by atoms with Crippen LogP contribution in [-0.4, -0.2) is 16.7 Å². The summed E-state index contributed by atoms with van der Waals surface area (Å²) in [5.41, 5.74) is 2.03. The van der Waals surface area contributed by atoms with E-state index in [1.807, 2.05) is 54.7 Å². The molecule has 2 aromatic carbocycles.